The minimum absolute atomic E-state index is 0.238. The fourth-order valence-electron chi connectivity index (χ4n) is 3.18. The molecule has 0 saturated heterocycles. The van der Waals surface area contributed by atoms with Crippen molar-refractivity contribution in [1.82, 2.24) is 5.32 Å². The van der Waals surface area contributed by atoms with E-state index in [1.807, 2.05) is 13.0 Å². The fraction of sp³-hybridized carbons (Fsp3) is 0.350. The molecule has 0 unspecified atom stereocenters. The van der Waals surface area contributed by atoms with Gasteiger partial charge >= 0.3 is 0 Å². The lowest BCUT2D eigenvalue weighted by Gasteiger charge is -2.17. The zero-order valence-corrected chi connectivity index (χ0v) is 15.7. The third kappa shape index (κ3) is 4.07. The van der Waals surface area contributed by atoms with Crippen LogP contribution in [0.15, 0.2) is 47.4 Å². The van der Waals surface area contributed by atoms with Crippen LogP contribution in [0.5, 0.6) is 0 Å². The van der Waals surface area contributed by atoms with Gasteiger partial charge in [0.2, 0.25) is 0 Å². The molecular weight excluding hydrogens is 348 g/mol. The molecule has 26 heavy (non-hydrogen) atoms. The molecule has 1 aliphatic rings. The summed E-state index contributed by atoms with van der Waals surface area (Å²) in [5.41, 5.74) is 2.95. The minimum Gasteiger partial charge on any atom is -0.352 e. The Morgan fingerprint density at radius 3 is 2.54 bits per heavy atom. The predicted octanol–water partition coefficient (Wildman–Crippen LogP) is 3.51. The van der Waals surface area contributed by atoms with Crippen molar-refractivity contribution in [3.63, 3.8) is 0 Å². The van der Waals surface area contributed by atoms with Gasteiger partial charge in [-0.2, -0.15) is 0 Å². The van der Waals surface area contributed by atoms with Gasteiger partial charge in [-0.25, -0.2) is 8.42 Å². The van der Waals surface area contributed by atoms with Gasteiger partial charge < -0.3 is 5.32 Å². The molecule has 0 fully saturated rings. The molecule has 0 aliphatic heterocycles. The van der Waals surface area contributed by atoms with Crippen molar-refractivity contribution in [1.29, 1.82) is 0 Å². The maximum Gasteiger partial charge on any atom is 0.261 e. The van der Waals surface area contributed by atoms with E-state index in [1.54, 1.807) is 36.4 Å². The molecule has 0 saturated carbocycles. The van der Waals surface area contributed by atoms with E-state index in [9.17, 15) is 13.2 Å². The van der Waals surface area contributed by atoms with Gasteiger partial charge in [0.15, 0.2) is 0 Å². The number of rotatable bonds is 6. The number of amides is 1. The molecule has 0 radical (unpaired) electrons. The predicted molar refractivity (Wildman–Crippen MR) is 103 cm³/mol. The Labute approximate surface area is 154 Å². The number of carbonyl (C=O) groups is 1. The first-order valence-corrected chi connectivity index (χ1v) is 10.5. The first-order valence-electron chi connectivity index (χ1n) is 9.03. The highest BCUT2D eigenvalue weighted by molar-refractivity contribution is 7.92. The number of fused-ring (bicyclic) bond motifs is 1. The lowest BCUT2D eigenvalue weighted by atomic mass is 9.92. The van der Waals surface area contributed by atoms with Gasteiger partial charge in [0, 0.05) is 6.54 Å². The van der Waals surface area contributed by atoms with Crippen molar-refractivity contribution >= 4 is 21.6 Å². The summed E-state index contributed by atoms with van der Waals surface area (Å²) in [6.45, 7) is 2.51. The number of sulfonamides is 1. The second-order valence-electron chi connectivity index (χ2n) is 6.54. The first-order chi connectivity index (χ1) is 12.5. The van der Waals surface area contributed by atoms with E-state index in [2.05, 4.69) is 10.0 Å². The van der Waals surface area contributed by atoms with Gasteiger partial charge in [-0.1, -0.05) is 25.1 Å². The minimum atomic E-state index is -3.75. The number of aryl methyl sites for hydroxylation is 2. The molecule has 0 heterocycles. The molecule has 0 aromatic heterocycles. The number of anilines is 1. The molecule has 2 N–H and O–H groups in total. The maximum atomic E-state index is 12.8. The van der Waals surface area contributed by atoms with Crippen LogP contribution in [0.1, 0.15) is 47.7 Å². The average Bonchev–Trinajstić information content (AvgIpc) is 2.66. The van der Waals surface area contributed by atoms with E-state index in [0.717, 1.165) is 37.7 Å². The lowest BCUT2D eigenvalue weighted by Crippen LogP contribution is -2.26. The molecule has 1 aliphatic carbocycles. The van der Waals surface area contributed by atoms with E-state index in [4.69, 9.17) is 0 Å². The Hall–Kier alpha value is -2.34. The summed E-state index contributed by atoms with van der Waals surface area (Å²) in [4.78, 5) is 12.5. The third-order valence-electron chi connectivity index (χ3n) is 4.58. The third-order valence-corrected chi connectivity index (χ3v) is 5.95. The molecule has 0 atom stereocenters. The SMILES string of the molecule is CCCNC(=O)c1ccccc1NS(=O)(=O)c1ccc2c(c1)CCCC2. The quantitative estimate of drug-likeness (QED) is 0.815. The van der Waals surface area contributed by atoms with Crippen molar-refractivity contribution < 1.29 is 13.2 Å². The maximum absolute atomic E-state index is 12.8. The van der Waals surface area contributed by atoms with Gasteiger partial charge in [0.25, 0.3) is 15.9 Å². The van der Waals surface area contributed by atoms with Crippen LogP contribution in [0.4, 0.5) is 5.69 Å². The normalized spacial score (nSPS) is 13.7. The molecule has 2 aromatic rings. The van der Waals surface area contributed by atoms with Crippen LogP contribution in [-0.2, 0) is 22.9 Å². The van der Waals surface area contributed by atoms with Crippen LogP contribution >= 0.6 is 0 Å². The highest BCUT2D eigenvalue weighted by atomic mass is 32.2. The molecule has 138 valence electrons. The number of hydrogen-bond acceptors (Lipinski definition) is 3. The summed E-state index contributed by atoms with van der Waals surface area (Å²) in [6.07, 6.45) is 4.97. The van der Waals surface area contributed by atoms with Crippen molar-refractivity contribution in [2.75, 3.05) is 11.3 Å². The number of benzene rings is 2. The monoisotopic (exact) mass is 372 g/mol. The lowest BCUT2D eigenvalue weighted by molar-refractivity contribution is 0.0954. The summed E-state index contributed by atoms with van der Waals surface area (Å²) in [5, 5.41) is 2.78. The Morgan fingerprint density at radius 1 is 1.04 bits per heavy atom. The zero-order valence-electron chi connectivity index (χ0n) is 14.9. The Kier molecular flexibility index (Phi) is 5.61. The molecule has 1 amide bonds. The smallest absolute Gasteiger partial charge is 0.261 e. The van der Waals surface area contributed by atoms with Gasteiger partial charge in [-0.15, -0.1) is 0 Å². The Bertz CT molecular complexity index is 907. The summed E-state index contributed by atoms with van der Waals surface area (Å²) in [7, 11) is -3.75. The van der Waals surface area contributed by atoms with Gasteiger partial charge in [0.1, 0.15) is 0 Å². The highest BCUT2D eigenvalue weighted by Gasteiger charge is 2.20. The van der Waals surface area contributed by atoms with E-state index >= 15 is 0 Å². The molecule has 3 rings (SSSR count). The van der Waals surface area contributed by atoms with Crippen molar-refractivity contribution in [2.24, 2.45) is 0 Å². The molecular formula is C20H24N2O3S. The molecule has 0 bridgehead atoms. The highest BCUT2D eigenvalue weighted by Crippen LogP contribution is 2.26. The fourth-order valence-corrected chi connectivity index (χ4v) is 4.31. The van der Waals surface area contributed by atoms with Crippen LogP contribution in [-0.4, -0.2) is 20.9 Å². The van der Waals surface area contributed by atoms with Crippen molar-refractivity contribution in [3.8, 4) is 0 Å². The van der Waals surface area contributed by atoms with E-state index < -0.39 is 10.0 Å². The topological polar surface area (TPSA) is 75.3 Å². The summed E-state index contributed by atoms with van der Waals surface area (Å²) >= 11 is 0. The van der Waals surface area contributed by atoms with Crippen LogP contribution < -0.4 is 10.0 Å². The Morgan fingerprint density at radius 2 is 1.77 bits per heavy atom. The number of para-hydroxylation sites is 1. The van der Waals surface area contributed by atoms with Crippen LogP contribution in [0, 0.1) is 0 Å². The second-order valence-corrected chi connectivity index (χ2v) is 8.23. The van der Waals surface area contributed by atoms with Crippen LogP contribution in [0.2, 0.25) is 0 Å². The van der Waals surface area contributed by atoms with Crippen LogP contribution in [0.25, 0.3) is 0 Å². The largest absolute Gasteiger partial charge is 0.352 e. The molecule has 5 nitrogen and oxygen atoms in total. The van der Waals surface area contributed by atoms with E-state index in [1.165, 1.54) is 5.56 Å². The van der Waals surface area contributed by atoms with Crippen LogP contribution in [0.3, 0.4) is 0 Å². The molecule has 6 heteroatoms. The summed E-state index contributed by atoms with van der Waals surface area (Å²) in [6, 6.07) is 12.0. The van der Waals surface area contributed by atoms with Crippen molar-refractivity contribution in [3.05, 3.63) is 59.2 Å². The molecule has 0 spiro atoms. The second kappa shape index (κ2) is 7.91. The zero-order chi connectivity index (χ0) is 18.6. The Balaban J connectivity index is 1.87. The summed E-state index contributed by atoms with van der Waals surface area (Å²) in [5.74, 6) is -0.282. The van der Waals surface area contributed by atoms with Gasteiger partial charge in [-0.05, 0) is 67.5 Å². The van der Waals surface area contributed by atoms with E-state index in [0.29, 0.717) is 17.8 Å². The summed E-state index contributed by atoms with van der Waals surface area (Å²) < 4.78 is 28.2. The average molecular weight is 372 g/mol. The molecule has 2 aromatic carbocycles. The number of nitrogens with one attached hydrogen (secondary N) is 2. The van der Waals surface area contributed by atoms with Crippen molar-refractivity contribution in [2.45, 2.75) is 43.9 Å². The number of hydrogen-bond donors (Lipinski definition) is 2. The standard InChI is InChI=1S/C20H24N2O3S/c1-2-13-21-20(23)18-9-5-6-10-19(18)22-26(24,25)17-12-11-15-7-3-4-8-16(15)14-17/h5-6,9-12,14,22H,2-4,7-8,13H2,1H3,(H,21,23). The van der Waals surface area contributed by atoms with Gasteiger partial charge in [0.05, 0.1) is 16.1 Å². The first kappa shape index (κ1) is 18.5. The number of carbonyl (C=O) groups excluding carboxylic acids is 1. The van der Waals surface area contributed by atoms with Gasteiger partial charge in [-0.3, -0.25) is 9.52 Å². The van der Waals surface area contributed by atoms with E-state index in [-0.39, 0.29) is 10.8 Å².